The van der Waals surface area contributed by atoms with Crippen molar-refractivity contribution >= 4 is 17.6 Å². The average Bonchev–Trinajstić information content (AvgIpc) is 2.89. The van der Waals surface area contributed by atoms with Gasteiger partial charge >= 0.3 is 5.97 Å². The van der Waals surface area contributed by atoms with E-state index in [9.17, 15) is 4.79 Å². The highest BCUT2D eigenvalue weighted by Gasteiger charge is 2.08. The number of carboxylic acid groups (broad SMARTS) is 1. The summed E-state index contributed by atoms with van der Waals surface area (Å²) in [6, 6.07) is 0. The zero-order chi connectivity index (χ0) is 13.1. The van der Waals surface area contributed by atoms with E-state index in [0.29, 0.717) is 23.8 Å². The molecule has 2 aromatic heterocycles. The van der Waals surface area contributed by atoms with Gasteiger partial charge in [-0.2, -0.15) is 0 Å². The van der Waals surface area contributed by atoms with Crippen LogP contribution in [0.4, 0.5) is 0 Å². The molecule has 0 unspecified atom stereocenters. The summed E-state index contributed by atoms with van der Waals surface area (Å²) >= 11 is 5.88. The molecule has 0 spiro atoms. The predicted octanol–water partition coefficient (Wildman–Crippen LogP) is 0.730. The highest BCUT2D eigenvalue weighted by atomic mass is 35.5. The lowest BCUT2D eigenvalue weighted by Gasteiger charge is -2.01. The lowest BCUT2D eigenvalue weighted by Crippen LogP contribution is -2.06. The number of halogens is 1. The molecule has 0 atom stereocenters. The fourth-order valence-corrected chi connectivity index (χ4v) is 1.63. The van der Waals surface area contributed by atoms with Crippen LogP contribution in [0.2, 0.25) is 5.15 Å². The quantitative estimate of drug-likeness (QED) is 0.865. The van der Waals surface area contributed by atoms with Crippen LogP contribution in [0, 0.1) is 0 Å². The zero-order valence-corrected chi connectivity index (χ0v) is 10.5. The summed E-state index contributed by atoms with van der Waals surface area (Å²) in [6.07, 6.45) is 3.70. The minimum atomic E-state index is -0.847. The summed E-state index contributed by atoms with van der Waals surface area (Å²) in [6.45, 7) is 0.448. The Labute approximate surface area is 108 Å². The van der Waals surface area contributed by atoms with Crippen molar-refractivity contribution in [2.24, 2.45) is 7.05 Å². The molecule has 0 saturated heterocycles. The van der Waals surface area contributed by atoms with Crippen molar-refractivity contribution in [3.63, 3.8) is 0 Å². The molecule has 0 amide bonds. The first-order valence-corrected chi connectivity index (χ1v) is 5.71. The molecular formula is C10H12ClN5O2. The van der Waals surface area contributed by atoms with Gasteiger partial charge in [0.1, 0.15) is 17.5 Å². The number of aliphatic carboxylic acids is 1. The van der Waals surface area contributed by atoms with Crippen molar-refractivity contribution in [2.45, 2.75) is 19.4 Å². The van der Waals surface area contributed by atoms with Gasteiger partial charge in [-0.15, -0.1) is 5.10 Å². The number of aromatic nitrogens is 5. The molecule has 0 bridgehead atoms. The highest BCUT2D eigenvalue weighted by Crippen LogP contribution is 2.10. The van der Waals surface area contributed by atoms with Crippen LogP contribution in [0.15, 0.2) is 12.4 Å². The van der Waals surface area contributed by atoms with Crippen LogP contribution in [-0.2, 0) is 24.8 Å². The van der Waals surface area contributed by atoms with Crippen LogP contribution in [0.25, 0.3) is 0 Å². The normalized spacial score (nSPS) is 10.8. The number of carbonyl (C=O) groups is 1. The Bertz CT molecular complexity index is 562. The van der Waals surface area contributed by atoms with Crippen LogP contribution >= 0.6 is 11.6 Å². The first kappa shape index (κ1) is 12.6. The van der Waals surface area contributed by atoms with Crippen LogP contribution in [0.5, 0.6) is 0 Å². The van der Waals surface area contributed by atoms with Gasteiger partial charge in [-0.25, -0.2) is 9.67 Å². The summed E-state index contributed by atoms with van der Waals surface area (Å²) in [5, 5.41) is 16.9. The second-order valence-electron chi connectivity index (χ2n) is 3.86. The average molecular weight is 270 g/mol. The van der Waals surface area contributed by atoms with Gasteiger partial charge in [-0.05, 0) is 0 Å². The standard InChI is InChI=1S/C10H12ClN5O2/c1-15-8(11)4-12-9(15)6-16-5-7(13-14-16)2-3-10(17)18/h4-5H,2-3,6H2,1H3,(H,17,18). The zero-order valence-electron chi connectivity index (χ0n) is 9.75. The van der Waals surface area contributed by atoms with Gasteiger partial charge in [-0.1, -0.05) is 16.8 Å². The second-order valence-corrected chi connectivity index (χ2v) is 4.24. The molecule has 0 aliphatic heterocycles. The number of imidazole rings is 1. The van der Waals surface area contributed by atoms with E-state index in [1.54, 1.807) is 21.6 Å². The van der Waals surface area contributed by atoms with E-state index in [0.717, 1.165) is 5.82 Å². The third kappa shape index (κ3) is 2.86. The SMILES string of the molecule is Cn1c(Cl)cnc1Cn1cc(CCC(=O)O)nn1. The van der Waals surface area contributed by atoms with E-state index in [2.05, 4.69) is 15.3 Å². The lowest BCUT2D eigenvalue weighted by atomic mass is 10.2. The molecule has 0 saturated carbocycles. The van der Waals surface area contributed by atoms with Crippen molar-refractivity contribution in [2.75, 3.05) is 0 Å². The van der Waals surface area contributed by atoms with E-state index in [1.807, 2.05) is 7.05 Å². The van der Waals surface area contributed by atoms with Gasteiger partial charge in [0.15, 0.2) is 0 Å². The molecule has 1 N–H and O–H groups in total. The molecule has 18 heavy (non-hydrogen) atoms. The monoisotopic (exact) mass is 269 g/mol. The fraction of sp³-hybridized carbons (Fsp3) is 0.400. The molecule has 7 nitrogen and oxygen atoms in total. The summed E-state index contributed by atoms with van der Waals surface area (Å²) in [5.74, 6) is -0.0879. The molecule has 2 aromatic rings. The van der Waals surface area contributed by atoms with Crippen LogP contribution in [-0.4, -0.2) is 35.6 Å². The number of hydrogen-bond donors (Lipinski definition) is 1. The van der Waals surface area contributed by atoms with E-state index >= 15 is 0 Å². The number of carboxylic acids is 1. The number of nitrogens with zero attached hydrogens (tertiary/aromatic N) is 5. The molecule has 8 heteroatoms. The number of aryl methyl sites for hydroxylation is 1. The predicted molar refractivity (Wildman–Crippen MR) is 63.3 cm³/mol. The largest absolute Gasteiger partial charge is 0.481 e. The maximum absolute atomic E-state index is 10.4. The minimum Gasteiger partial charge on any atom is -0.481 e. The van der Waals surface area contributed by atoms with Gasteiger partial charge < -0.3 is 9.67 Å². The minimum absolute atomic E-state index is 0.0485. The molecule has 0 aliphatic carbocycles. The molecule has 0 aliphatic rings. The highest BCUT2D eigenvalue weighted by molar-refractivity contribution is 6.29. The van der Waals surface area contributed by atoms with Gasteiger partial charge in [0.2, 0.25) is 0 Å². The van der Waals surface area contributed by atoms with E-state index in [-0.39, 0.29) is 6.42 Å². The van der Waals surface area contributed by atoms with Crippen LogP contribution < -0.4 is 0 Å². The lowest BCUT2D eigenvalue weighted by molar-refractivity contribution is -0.136. The molecular weight excluding hydrogens is 258 g/mol. The number of rotatable bonds is 5. The first-order valence-electron chi connectivity index (χ1n) is 5.33. The van der Waals surface area contributed by atoms with E-state index in [4.69, 9.17) is 16.7 Å². The molecule has 96 valence electrons. The van der Waals surface area contributed by atoms with Crippen LogP contribution in [0.1, 0.15) is 17.9 Å². The smallest absolute Gasteiger partial charge is 0.303 e. The first-order chi connectivity index (χ1) is 8.56. The van der Waals surface area contributed by atoms with Crippen molar-refractivity contribution < 1.29 is 9.90 Å². The summed E-state index contributed by atoms with van der Waals surface area (Å²) < 4.78 is 3.36. The Morgan fingerprint density at radius 1 is 1.56 bits per heavy atom. The summed E-state index contributed by atoms with van der Waals surface area (Å²) in [4.78, 5) is 14.6. The Balaban J connectivity index is 2.02. The van der Waals surface area contributed by atoms with Crippen molar-refractivity contribution in [3.8, 4) is 0 Å². The molecule has 2 rings (SSSR count). The van der Waals surface area contributed by atoms with Crippen molar-refractivity contribution in [1.82, 2.24) is 24.5 Å². The Morgan fingerprint density at radius 3 is 2.94 bits per heavy atom. The summed E-state index contributed by atoms with van der Waals surface area (Å²) in [5.41, 5.74) is 0.651. The molecule has 0 aromatic carbocycles. The topological polar surface area (TPSA) is 85.8 Å². The van der Waals surface area contributed by atoms with E-state index in [1.165, 1.54) is 0 Å². The van der Waals surface area contributed by atoms with Gasteiger partial charge in [0, 0.05) is 19.7 Å². The number of hydrogen-bond acceptors (Lipinski definition) is 4. The van der Waals surface area contributed by atoms with Crippen molar-refractivity contribution in [1.29, 1.82) is 0 Å². The van der Waals surface area contributed by atoms with Crippen LogP contribution in [0.3, 0.4) is 0 Å². The third-order valence-electron chi connectivity index (χ3n) is 2.51. The molecule has 0 fully saturated rings. The van der Waals surface area contributed by atoms with Crippen molar-refractivity contribution in [3.05, 3.63) is 29.1 Å². The Morgan fingerprint density at radius 2 is 2.33 bits per heavy atom. The fourth-order valence-electron chi connectivity index (χ4n) is 1.48. The maximum atomic E-state index is 10.4. The molecule has 0 radical (unpaired) electrons. The summed E-state index contributed by atoms with van der Waals surface area (Å²) in [7, 11) is 1.81. The maximum Gasteiger partial charge on any atom is 0.303 e. The Hall–Kier alpha value is -1.89. The van der Waals surface area contributed by atoms with Gasteiger partial charge in [-0.3, -0.25) is 4.79 Å². The van der Waals surface area contributed by atoms with E-state index < -0.39 is 5.97 Å². The van der Waals surface area contributed by atoms with Gasteiger partial charge in [0.05, 0.1) is 18.3 Å². The second kappa shape index (κ2) is 5.18. The Kier molecular flexibility index (Phi) is 3.61. The van der Waals surface area contributed by atoms with Gasteiger partial charge in [0.25, 0.3) is 0 Å². The molecule has 2 heterocycles. The third-order valence-corrected chi connectivity index (χ3v) is 2.86.